The van der Waals surface area contributed by atoms with Crippen molar-refractivity contribution in [2.24, 2.45) is 0 Å². The third-order valence-electron chi connectivity index (χ3n) is 5.94. The van der Waals surface area contributed by atoms with E-state index in [-0.39, 0.29) is 6.67 Å². The number of nitrogens with one attached hydrogen (secondary N) is 1. The highest BCUT2D eigenvalue weighted by Gasteiger charge is 2.25. The molecule has 0 atom stereocenters. The van der Waals surface area contributed by atoms with Crippen LogP contribution in [-0.4, -0.2) is 23.8 Å². The van der Waals surface area contributed by atoms with Crippen molar-refractivity contribution in [3.05, 3.63) is 83.0 Å². The van der Waals surface area contributed by atoms with E-state index in [4.69, 9.17) is 4.11 Å². The molecule has 4 nitrogen and oxygen atoms in total. The van der Waals surface area contributed by atoms with Gasteiger partial charge in [0.05, 0.1) is 23.7 Å². The number of benzene rings is 3. The summed E-state index contributed by atoms with van der Waals surface area (Å²) in [7, 11) is 0. The molecule has 4 heteroatoms. The van der Waals surface area contributed by atoms with Crippen LogP contribution in [-0.2, 0) is 0 Å². The zero-order valence-electron chi connectivity index (χ0n) is 21.3. The van der Waals surface area contributed by atoms with Gasteiger partial charge in [-0.2, -0.15) is 5.10 Å². The standard InChI is InChI=1S/C27H28N4/c1-17-10-18(2)27(19(3)11-17)22-13-21(24-12-20(4)28-29-24)14-23(15-22)31-16-30(5)25-8-6-7-9-26(25)31/h6-15H,16H2,1-5H3,(H,28,29)/i5D3. The molecule has 1 aliphatic heterocycles. The molecule has 5 rings (SSSR count). The number of H-pyrrole nitrogens is 1. The molecular weight excluding hydrogens is 380 g/mol. The van der Waals surface area contributed by atoms with Gasteiger partial charge in [-0.1, -0.05) is 29.8 Å². The summed E-state index contributed by atoms with van der Waals surface area (Å²) in [6.07, 6.45) is 0. The molecule has 0 aliphatic carbocycles. The van der Waals surface area contributed by atoms with E-state index >= 15 is 0 Å². The molecule has 31 heavy (non-hydrogen) atoms. The van der Waals surface area contributed by atoms with Gasteiger partial charge in [0, 0.05) is 28.0 Å². The summed E-state index contributed by atoms with van der Waals surface area (Å²) in [5, 5.41) is 7.54. The highest BCUT2D eigenvalue weighted by atomic mass is 15.4. The quantitative estimate of drug-likeness (QED) is 0.417. The number of aromatic nitrogens is 2. The summed E-state index contributed by atoms with van der Waals surface area (Å²) >= 11 is 0. The van der Waals surface area contributed by atoms with E-state index < -0.39 is 6.98 Å². The van der Waals surface area contributed by atoms with Gasteiger partial charge in [-0.25, -0.2) is 0 Å². The Balaban J connectivity index is 1.72. The highest BCUT2D eigenvalue weighted by Crippen LogP contribution is 2.42. The molecule has 0 bridgehead atoms. The van der Waals surface area contributed by atoms with Crippen molar-refractivity contribution in [1.29, 1.82) is 0 Å². The predicted molar refractivity (Wildman–Crippen MR) is 130 cm³/mol. The van der Waals surface area contributed by atoms with Crippen LogP contribution in [0.1, 0.15) is 26.5 Å². The molecule has 2 heterocycles. The Hall–Kier alpha value is -3.53. The number of rotatable bonds is 3. The largest absolute Gasteiger partial charge is 0.355 e. The minimum Gasteiger partial charge on any atom is -0.355 e. The van der Waals surface area contributed by atoms with E-state index in [1.807, 2.05) is 37.3 Å². The summed E-state index contributed by atoms with van der Waals surface area (Å²) in [4.78, 5) is 3.56. The van der Waals surface area contributed by atoms with E-state index in [2.05, 4.69) is 66.2 Å². The normalized spacial score (nSPS) is 14.9. The second-order valence-corrected chi connectivity index (χ2v) is 8.46. The highest BCUT2D eigenvalue weighted by molar-refractivity contribution is 5.87. The van der Waals surface area contributed by atoms with E-state index in [0.29, 0.717) is 5.69 Å². The first-order valence-corrected chi connectivity index (χ1v) is 10.5. The van der Waals surface area contributed by atoms with Gasteiger partial charge in [-0.3, -0.25) is 5.10 Å². The SMILES string of the molecule is [2H]C([2H])([2H])N1CN(c2cc(-c3cc(C)[nH]n3)cc(-c3c(C)cc(C)cc3C)c2)c2ccccc21. The summed E-state index contributed by atoms with van der Waals surface area (Å²) in [5.74, 6) is 0. The molecule has 1 aliphatic rings. The first kappa shape index (κ1) is 16.2. The van der Waals surface area contributed by atoms with Crippen molar-refractivity contribution in [2.45, 2.75) is 27.7 Å². The number of anilines is 3. The second-order valence-electron chi connectivity index (χ2n) is 8.46. The fraction of sp³-hybridized carbons (Fsp3) is 0.222. The number of fused-ring (bicyclic) bond motifs is 1. The zero-order valence-corrected chi connectivity index (χ0v) is 18.3. The Morgan fingerprint density at radius 2 is 1.58 bits per heavy atom. The molecule has 156 valence electrons. The minimum absolute atomic E-state index is 0.254. The van der Waals surface area contributed by atoms with Crippen molar-refractivity contribution in [3.63, 3.8) is 0 Å². The Labute approximate surface area is 188 Å². The van der Waals surface area contributed by atoms with Crippen LogP contribution < -0.4 is 9.80 Å². The fourth-order valence-electron chi connectivity index (χ4n) is 4.70. The minimum atomic E-state index is -2.23. The topological polar surface area (TPSA) is 35.2 Å². The molecule has 0 fully saturated rings. The number of para-hydroxylation sites is 2. The van der Waals surface area contributed by atoms with Crippen LogP contribution in [0, 0.1) is 27.7 Å². The molecule has 0 spiro atoms. The van der Waals surface area contributed by atoms with Crippen molar-refractivity contribution in [3.8, 4) is 22.4 Å². The lowest BCUT2D eigenvalue weighted by Gasteiger charge is -2.22. The number of hydrogen-bond donors (Lipinski definition) is 1. The second kappa shape index (κ2) is 7.31. The third kappa shape index (κ3) is 3.38. The van der Waals surface area contributed by atoms with E-state index in [1.165, 1.54) is 27.2 Å². The number of aromatic amines is 1. The van der Waals surface area contributed by atoms with Crippen LogP contribution >= 0.6 is 0 Å². The van der Waals surface area contributed by atoms with Crippen LogP contribution in [0.3, 0.4) is 0 Å². The van der Waals surface area contributed by atoms with Crippen LogP contribution in [0.25, 0.3) is 22.4 Å². The van der Waals surface area contributed by atoms with Crippen LogP contribution in [0.15, 0.2) is 60.7 Å². The maximum atomic E-state index is 8.06. The summed E-state index contributed by atoms with van der Waals surface area (Å²) in [5.41, 5.74) is 11.3. The summed E-state index contributed by atoms with van der Waals surface area (Å²) in [6, 6.07) is 20.6. The zero-order chi connectivity index (χ0) is 24.2. The number of aryl methyl sites for hydroxylation is 4. The maximum Gasteiger partial charge on any atom is 0.0950 e. The Morgan fingerprint density at radius 3 is 2.26 bits per heavy atom. The van der Waals surface area contributed by atoms with Gasteiger partial charge in [-0.05, 0) is 86.3 Å². The summed E-state index contributed by atoms with van der Waals surface area (Å²) in [6.45, 7) is 6.41. The lowest BCUT2D eigenvalue weighted by atomic mass is 9.92. The number of nitrogens with zero attached hydrogens (tertiary/aromatic N) is 3. The monoisotopic (exact) mass is 411 g/mol. The van der Waals surface area contributed by atoms with Crippen LogP contribution in [0.5, 0.6) is 0 Å². The predicted octanol–water partition coefficient (Wildman–Crippen LogP) is 6.52. The van der Waals surface area contributed by atoms with Gasteiger partial charge in [0.1, 0.15) is 0 Å². The molecule has 1 N–H and O–H groups in total. The van der Waals surface area contributed by atoms with Crippen molar-refractivity contribution < 1.29 is 4.11 Å². The van der Waals surface area contributed by atoms with Gasteiger partial charge in [0.15, 0.2) is 0 Å². The molecule has 0 radical (unpaired) electrons. The lowest BCUT2D eigenvalue weighted by molar-refractivity contribution is 0.950. The molecule has 0 unspecified atom stereocenters. The Morgan fingerprint density at radius 1 is 0.871 bits per heavy atom. The Kier molecular flexibility index (Phi) is 3.82. The van der Waals surface area contributed by atoms with Gasteiger partial charge in [-0.15, -0.1) is 0 Å². The summed E-state index contributed by atoms with van der Waals surface area (Å²) < 4.78 is 24.2. The Bertz CT molecular complexity index is 1360. The van der Waals surface area contributed by atoms with E-state index in [9.17, 15) is 0 Å². The first-order valence-electron chi connectivity index (χ1n) is 12.0. The molecule has 0 saturated carbocycles. The van der Waals surface area contributed by atoms with Crippen molar-refractivity contribution in [1.82, 2.24) is 10.2 Å². The van der Waals surface area contributed by atoms with E-state index in [1.54, 1.807) is 0 Å². The average molecular weight is 412 g/mol. The van der Waals surface area contributed by atoms with Crippen molar-refractivity contribution in [2.75, 3.05) is 23.4 Å². The molecule has 1 aromatic heterocycles. The smallest absolute Gasteiger partial charge is 0.0950 e. The maximum absolute atomic E-state index is 8.06. The fourth-order valence-corrected chi connectivity index (χ4v) is 4.70. The average Bonchev–Trinajstić information content (AvgIpc) is 3.37. The molecule has 0 amide bonds. The van der Waals surface area contributed by atoms with Gasteiger partial charge in [0.2, 0.25) is 0 Å². The van der Waals surface area contributed by atoms with Crippen molar-refractivity contribution >= 4 is 17.1 Å². The van der Waals surface area contributed by atoms with Crippen LogP contribution in [0.2, 0.25) is 0 Å². The van der Waals surface area contributed by atoms with Gasteiger partial charge < -0.3 is 9.80 Å². The molecule has 3 aromatic carbocycles. The van der Waals surface area contributed by atoms with Gasteiger partial charge >= 0.3 is 0 Å². The van der Waals surface area contributed by atoms with E-state index in [0.717, 1.165) is 33.9 Å². The molecule has 0 saturated heterocycles. The number of hydrogen-bond acceptors (Lipinski definition) is 3. The molecule has 4 aromatic rings. The third-order valence-corrected chi connectivity index (χ3v) is 5.94. The lowest BCUT2D eigenvalue weighted by Crippen LogP contribution is -2.24. The van der Waals surface area contributed by atoms with Crippen LogP contribution in [0.4, 0.5) is 17.1 Å². The van der Waals surface area contributed by atoms with Gasteiger partial charge in [0.25, 0.3) is 0 Å². The molecular formula is C27H28N4. The first-order chi connectivity index (χ1) is 16.1.